The summed E-state index contributed by atoms with van der Waals surface area (Å²) in [5, 5.41) is 4.15. The van der Waals surface area contributed by atoms with Gasteiger partial charge in [0.05, 0.1) is 24.1 Å². The summed E-state index contributed by atoms with van der Waals surface area (Å²) in [7, 11) is 0. The van der Waals surface area contributed by atoms with Crippen LogP contribution in [0.25, 0.3) is 5.69 Å². The van der Waals surface area contributed by atoms with Crippen molar-refractivity contribution >= 4 is 5.97 Å². The molecule has 0 aliphatic heterocycles. The van der Waals surface area contributed by atoms with E-state index in [1.807, 2.05) is 31.2 Å². The number of carbonyl (C=O) groups is 1. The van der Waals surface area contributed by atoms with Gasteiger partial charge in [-0.15, -0.1) is 0 Å². The molecule has 0 aliphatic rings. The first-order valence-electron chi connectivity index (χ1n) is 6.19. The minimum atomic E-state index is -0.360. The number of nitrogens with two attached hydrogens (primary N) is 1. The Morgan fingerprint density at radius 3 is 2.68 bits per heavy atom. The van der Waals surface area contributed by atoms with Gasteiger partial charge in [0.15, 0.2) is 0 Å². The normalized spacial score (nSPS) is 12.2. The van der Waals surface area contributed by atoms with Crippen LogP contribution in [0.2, 0.25) is 0 Å². The molecule has 0 unspecified atom stereocenters. The number of esters is 1. The third-order valence-corrected chi connectivity index (χ3v) is 2.78. The quantitative estimate of drug-likeness (QED) is 0.853. The van der Waals surface area contributed by atoms with Gasteiger partial charge in [-0.2, -0.15) is 5.10 Å². The molecule has 0 saturated heterocycles. The Bertz CT molecular complexity index is 558. The van der Waals surface area contributed by atoms with Crippen molar-refractivity contribution < 1.29 is 9.53 Å². The fraction of sp³-hybridized carbons (Fsp3) is 0.286. The average Bonchev–Trinajstić information content (AvgIpc) is 2.89. The molecule has 2 N–H and O–H groups in total. The van der Waals surface area contributed by atoms with Crippen LogP contribution in [-0.4, -0.2) is 22.4 Å². The first kappa shape index (κ1) is 13.3. The van der Waals surface area contributed by atoms with E-state index in [1.165, 1.54) is 6.20 Å². The maximum Gasteiger partial charge on any atom is 0.341 e. The van der Waals surface area contributed by atoms with E-state index < -0.39 is 0 Å². The Morgan fingerprint density at radius 2 is 2.11 bits per heavy atom. The molecule has 100 valence electrons. The molecule has 1 atom stereocenters. The molecule has 0 fully saturated rings. The number of carbonyl (C=O) groups excluding carboxylic acids is 1. The summed E-state index contributed by atoms with van der Waals surface area (Å²) in [6.07, 6.45) is 3.15. The van der Waals surface area contributed by atoms with Crippen molar-refractivity contribution in [2.45, 2.75) is 19.9 Å². The van der Waals surface area contributed by atoms with Crippen LogP contribution in [-0.2, 0) is 4.74 Å². The van der Waals surface area contributed by atoms with Crippen molar-refractivity contribution in [3.63, 3.8) is 0 Å². The van der Waals surface area contributed by atoms with Gasteiger partial charge < -0.3 is 10.5 Å². The number of aromatic nitrogens is 2. The monoisotopic (exact) mass is 259 g/mol. The molecule has 0 amide bonds. The minimum absolute atomic E-state index is 0.00163. The second kappa shape index (κ2) is 5.67. The van der Waals surface area contributed by atoms with Gasteiger partial charge in [-0.25, -0.2) is 9.48 Å². The first-order chi connectivity index (χ1) is 9.11. The van der Waals surface area contributed by atoms with Crippen LogP contribution in [0.15, 0.2) is 36.7 Å². The summed E-state index contributed by atoms with van der Waals surface area (Å²) in [6, 6.07) is 7.74. The molecule has 5 heteroatoms. The number of hydrogen-bond donors (Lipinski definition) is 1. The van der Waals surface area contributed by atoms with Crippen molar-refractivity contribution in [2.24, 2.45) is 5.73 Å². The Kier molecular flexibility index (Phi) is 3.97. The molecule has 0 radical (unpaired) electrons. The van der Waals surface area contributed by atoms with Gasteiger partial charge in [-0.1, -0.05) is 12.1 Å². The lowest BCUT2D eigenvalue weighted by Gasteiger charge is -2.06. The topological polar surface area (TPSA) is 70.1 Å². The largest absolute Gasteiger partial charge is 0.462 e. The van der Waals surface area contributed by atoms with E-state index in [-0.39, 0.29) is 12.0 Å². The van der Waals surface area contributed by atoms with E-state index in [9.17, 15) is 4.79 Å². The Morgan fingerprint density at radius 1 is 1.42 bits per heavy atom. The molecular formula is C14H17N3O2. The highest BCUT2D eigenvalue weighted by Gasteiger charge is 2.10. The highest BCUT2D eigenvalue weighted by Crippen LogP contribution is 2.14. The van der Waals surface area contributed by atoms with Crippen molar-refractivity contribution in [1.82, 2.24) is 9.78 Å². The van der Waals surface area contributed by atoms with Gasteiger partial charge in [-0.3, -0.25) is 0 Å². The van der Waals surface area contributed by atoms with E-state index >= 15 is 0 Å². The smallest absolute Gasteiger partial charge is 0.341 e. The SMILES string of the molecule is CCOC(=O)c1cnn(-c2ccc([C@@H](C)N)cc2)c1. The van der Waals surface area contributed by atoms with Gasteiger partial charge in [0, 0.05) is 12.2 Å². The second-order valence-corrected chi connectivity index (χ2v) is 4.27. The molecule has 19 heavy (non-hydrogen) atoms. The molecule has 2 rings (SSSR count). The van der Waals surface area contributed by atoms with Crippen LogP contribution in [0.1, 0.15) is 35.8 Å². The van der Waals surface area contributed by atoms with Crippen molar-refractivity contribution in [3.05, 3.63) is 47.8 Å². The summed E-state index contributed by atoms with van der Waals surface area (Å²) >= 11 is 0. The van der Waals surface area contributed by atoms with Crippen molar-refractivity contribution in [3.8, 4) is 5.69 Å². The zero-order valence-corrected chi connectivity index (χ0v) is 11.0. The number of hydrogen-bond acceptors (Lipinski definition) is 4. The predicted molar refractivity (Wildman–Crippen MR) is 72.1 cm³/mol. The molecule has 0 saturated carbocycles. The van der Waals surface area contributed by atoms with Crippen LogP contribution >= 0.6 is 0 Å². The Balaban J connectivity index is 2.20. The molecule has 0 aliphatic carbocycles. The van der Waals surface area contributed by atoms with E-state index in [0.717, 1.165) is 11.3 Å². The minimum Gasteiger partial charge on any atom is -0.462 e. The lowest BCUT2D eigenvalue weighted by atomic mass is 10.1. The number of nitrogens with zero attached hydrogens (tertiary/aromatic N) is 2. The van der Waals surface area contributed by atoms with Crippen molar-refractivity contribution in [2.75, 3.05) is 6.61 Å². The van der Waals surface area contributed by atoms with Crippen molar-refractivity contribution in [1.29, 1.82) is 0 Å². The molecule has 1 aromatic carbocycles. The molecule has 2 aromatic rings. The van der Waals surface area contributed by atoms with Crippen LogP contribution in [0.4, 0.5) is 0 Å². The van der Waals surface area contributed by atoms with Gasteiger partial charge in [0.25, 0.3) is 0 Å². The fourth-order valence-corrected chi connectivity index (χ4v) is 1.71. The lowest BCUT2D eigenvalue weighted by Crippen LogP contribution is -2.05. The van der Waals surface area contributed by atoms with Crippen LogP contribution < -0.4 is 5.73 Å². The lowest BCUT2D eigenvalue weighted by molar-refractivity contribution is 0.0526. The van der Waals surface area contributed by atoms with E-state index in [0.29, 0.717) is 12.2 Å². The highest BCUT2D eigenvalue weighted by atomic mass is 16.5. The zero-order valence-electron chi connectivity index (χ0n) is 11.0. The highest BCUT2D eigenvalue weighted by molar-refractivity contribution is 5.88. The molecular weight excluding hydrogens is 242 g/mol. The number of ether oxygens (including phenoxy) is 1. The van der Waals surface area contributed by atoms with Crippen LogP contribution in [0.3, 0.4) is 0 Å². The van der Waals surface area contributed by atoms with Gasteiger partial charge in [-0.05, 0) is 31.5 Å². The predicted octanol–water partition coefficient (Wildman–Crippen LogP) is 2.07. The summed E-state index contributed by atoms with van der Waals surface area (Å²) in [5.74, 6) is -0.360. The molecule has 5 nitrogen and oxygen atoms in total. The van der Waals surface area contributed by atoms with Gasteiger partial charge in [0.2, 0.25) is 0 Å². The fourth-order valence-electron chi connectivity index (χ4n) is 1.71. The molecule has 0 spiro atoms. The first-order valence-corrected chi connectivity index (χ1v) is 6.19. The summed E-state index contributed by atoms with van der Waals surface area (Å²) in [5.41, 5.74) is 8.17. The maximum atomic E-state index is 11.5. The average molecular weight is 259 g/mol. The number of benzene rings is 1. The standard InChI is InChI=1S/C14H17N3O2/c1-3-19-14(18)12-8-16-17(9-12)13-6-4-11(5-7-13)10(2)15/h4-10H,3,15H2,1-2H3/t10-/m1/s1. The molecule has 0 bridgehead atoms. The van der Waals surface area contributed by atoms with Crippen LogP contribution in [0, 0.1) is 0 Å². The Hall–Kier alpha value is -2.14. The molecule has 1 heterocycles. The van der Waals surface area contributed by atoms with E-state index in [1.54, 1.807) is 17.8 Å². The third kappa shape index (κ3) is 3.00. The van der Waals surface area contributed by atoms with E-state index in [4.69, 9.17) is 10.5 Å². The zero-order chi connectivity index (χ0) is 13.8. The number of rotatable bonds is 4. The Labute approximate surface area is 112 Å². The van der Waals surface area contributed by atoms with E-state index in [2.05, 4.69) is 5.10 Å². The third-order valence-electron chi connectivity index (χ3n) is 2.78. The summed E-state index contributed by atoms with van der Waals surface area (Å²) in [6.45, 7) is 4.06. The molecule has 1 aromatic heterocycles. The van der Waals surface area contributed by atoms with Gasteiger partial charge >= 0.3 is 5.97 Å². The summed E-state index contributed by atoms with van der Waals surface area (Å²) in [4.78, 5) is 11.5. The van der Waals surface area contributed by atoms with Gasteiger partial charge in [0.1, 0.15) is 0 Å². The summed E-state index contributed by atoms with van der Waals surface area (Å²) < 4.78 is 6.56. The second-order valence-electron chi connectivity index (χ2n) is 4.27. The maximum absolute atomic E-state index is 11.5. The van der Waals surface area contributed by atoms with Crippen LogP contribution in [0.5, 0.6) is 0 Å².